The molecule has 0 aliphatic carbocycles. The van der Waals surface area contributed by atoms with Gasteiger partial charge in [-0.1, -0.05) is 25.1 Å². The molecular weight excluding hydrogens is 196 g/mol. The number of nitrogens with two attached hydrogens (primary N) is 1. The Morgan fingerprint density at radius 1 is 1.33 bits per heavy atom. The largest absolute Gasteiger partial charge is 0.352 e. The molecule has 0 fully saturated rings. The van der Waals surface area contributed by atoms with Crippen LogP contribution in [-0.4, -0.2) is 12.0 Å². The molecule has 80 valence electrons. The standard InChI is InChI=1S/C10H12N2O3/c1-2-9(13)15-12(10(11)14)8-6-4-3-5-7-8/h3-7H,2H2,1H3,(H2,11,14). The molecule has 0 spiro atoms. The third-order valence-corrected chi connectivity index (χ3v) is 1.67. The van der Waals surface area contributed by atoms with Crippen molar-refractivity contribution in [2.24, 2.45) is 5.73 Å². The molecule has 1 rings (SSSR count). The van der Waals surface area contributed by atoms with Gasteiger partial charge in [-0.2, -0.15) is 0 Å². The third kappa shape index (κ3) is 2.98. The first-order valence-electron chi connectivity index (χ1n) is 4.50. The van der Waals surface area contributed by atoms with Crippen molar-refractivity contribution in [2.75, 3.05) is 5.06 Å². The minimum Gasteiger partial charge on any atom is -0.349 e. The Bertz CT molecular complexity index is 351. The highest BCUT2D eigenvalue weighted by molar-refractivity contribution is 5.90. The van der Waals surface area contributed by atoms with Crippen LogP contribution in [0.2, 0.25) is 0 Å². The summed E-state index contributed by atoms with van der Waals surface area (Å²) in [4.78, 5) is 26.8. The predicted octanol–water partition coefficient (Wildman–Crippen LogP) is 1.44. The van der Waals surface area contributed by atoms with Gasteiger partial charge < -0.3 is 10.6 Å². The summed E-state index contributed by atoms with van der Waals surface area (Å²) in [5.74, 6) is -0.516. The average Bonchev–Trinajstić information content (AvgIpc) is 2.26. The fourth-order valence-electron chi connectivity index (χ4n) is 0.955. The molecule has 1 aromatic carbocycles. The van der Waals surface area contributed by atoms with Gasteiger partial charge in [0.2, 0.25) is 0 Å². The monoisotopic (exact) mass is 208 g/mol. The lowest BCUT2D eigenvalue weighted by Gasteiger charge is -2.18. The number of nitrogens with zero attached hydrogens (tertiary/aromatic N) is 1. The smallest absolute Gasteiger partial charge is 0.349 e. The van der Waals surface area contributed by atoms with Gasteiger partial charge in [0.15, 0.2) is 0 Å². The summed E-state index contributed by atoms with van der Waals surface area (Å²) in [6, 6.07) is 7.62. The van der Waals surface area contributed by atoms with E-state index in [0.717, 1.165) is 5.06 Å². The fourth-order valence-corrected chi connectivity index (χ4v) is 0.955. The Morgan fingerprint density at radius 3 is 2.40 bits per heavy atom. The summed E-state index contributed by atoms with van der Waals surface area (Å²) < 4.78 is 0. The fraction of sp³-hybridized carbons (Fsp3) is 0.200. The summed E-state index contributed by atoms with van der Waals surface area (Å²) in [6.07, 6.45) is 0.177. The predicted molar refractivity (Wildman–Crippen MR) is 54.9 cm³/mol. The Balaban J connectivity index is 2.84. The molecule has 15 heavy (non-hydrogen) atoms. The van der Waals surface area contributed by atoms with Crippen LogP contribution in [0.1, 0.15) is 13.3 Å². The molecule has 5 nitrogen and oxygen atoms in total. The first kappa shape index (κ1) is 11.0. The Morgan fingerprint density at radius 2 is 1.93 bits per heavy atom. The number of carbonyl (C=O) groups is 2. The van der Waals surface area contributed by atoms with Gasteiger partial charge in [0.05, 0.1) is 5.69 Å². The number of hydrogen-bond acceptors (Lipinski definition) is 3. The molecule has 0 aliphatic heterocycles. The van der Waals surface area contributed by atoms with Crippen molar-refractivity contribution in [2.45, 2.75) is 13.3 Å². The molecule has 0 saturated carbocycles. The molecule has 0 atom stereocenters. The van der Waals surface area contributed by atoms with Crippen LogP contribution in [0, 0.1) is 0 Å². The average molecular weight is 208 g/mol. The molecule has 0 aliphatic rings. The lowest BCUT2D eigenvalue weighted by atomic mass is 10.3. The molecule has 0 unspecified atom stereocenters. The summed E-state index contributed by atoms with van der Waals surface area (Å²) in [7, 11) is 0. The number of primary amides is 1. The van der Waals surface area contributed by atoms with Crippen molar-refractivity contribution >= 4 is 17.7 Å². The van der Waals surface area contributed by atoms with E-state index in [-0.39, 0.29) is 6.42 Å². The van der Waals surface area contributed by atoms with Crippen LogP contribution in [0.4, 0.5) is 10.5 Å². The van der Waals surface area contributed by atoms with E-state index in [4.69, 9.17) is 10.6 Å². The van der Waals surface area contributed by atoms with E-state index in [1.54, 1.807) is 37.3 Å². The number of amides is 2. The minimum atomic E-state index is -0.831. The van der Waals surface area contributed by atoms with E-state index in [9.17, 15) is 9.59 Å². The van der Waals surface area contributed by atoms with E-state index >= 15 is 0 Å². The SMILES string of the molecule is CCC(=O)ON(C(N)=O)c1ccccc1. The summed E-state index contributed by atoms with van der Waals surface area (Å²) in [5.41, 5.74) is 5.50. The van der Waals surface area contributed by atoms with Crippen LogP contribution in [-0.2, 0) is 9.63 Å². The number of anilines is 1. The highest BCUT2D eigenvalue weighted by Gasteiger charge is 2.16. The molecular formula is C10H12N2O3. The summed E-state index contributed by atoms with van der Waals surface area (Å²) >= 11 is 0. The maximum absolute atomic E-state index is 11.0. The molecule has 2 N–H and O–H groups in total. The zero-order valence-electron chi connectivity index (χ0n) is 8.34. The second-order valence-electron chi connectivity index (χ2n) is 2.79. The second kappa shape index (κ2) is 4.99. The van der Waals surface area contributed by atoms with Gasteiger partial charge in [-0.05, 0) is 12.1 Å². The Labute approximate surface area is 87.4 Å². The number of hydrogen-bond donors (Lipinski definition) is 1. The minimum absolute atomic E-state index is 0.177. The van der Waals surface area contributed by atoms with Crippen LogP contribution in [0.25, 0.3) is 0 Å². The number of carbonyl (C=O) groups excluding carboxylic acids is 2. The van der Waals surface area contributed by atoms with Crippen molar-refractivity contribution in [1.82, 2.24) is 0 Å². The maximum atomic E-state index is 11.0. The topological polar surface area (TPSA) is 72.6 Å². The highest BCUT2D eigenvalue weighted by Crippen LogP contribution is 2.13. The van der Waals surface area contributed by atoms with Gasteiger partial charge in [0, 0.05) is 6.42 Å². The third-order valence-electron chi connectivity index (χ3n) is 1.67. The Hall–Kier alpha value is -2.04. The van der Waals surface area contributed by atoms with Crippen LogP contribution in [0.5, 0.6) is 0 Å². The lowest BCUT2D eigenvalue weighted by molar-refractivity contribution is -0.143. The quantitative estimate of drug-likeness (QED) is 0.747. The number of hydroxylamine groups is 1. The van der Waals surface area contributed by atoms with Crippen LogP contribution in [0.3, 0.4) is 0 Å². The number of para-hydroxylation sites is 1. The Kier molecular flexibility index (Phi) is 3.68. The van der Waals surface area contributed by atoms with Crippen molar-refractivity contribution in [3.05, 3.63) is 30.3 Å². The number of benzene rings is 1. The molecule has 1 aromatic rings. The molecule has 0 bridgehead atoms. The van der Waals surface area contributed by atoms with E-state index in [0.29, 0.717) is 5.69 Å². The van der Waals surface area contributed by atoms with Crippen LogP contribution >= 0.6 is 0 Å². The normalized spacial score (nSPS) is 9.40. The number of rotatable bonds is 2. The lowest BCUT2D eigenvalue weighted by Crippen LogP contribution is -2.37. The molecule has 2 amide bonds. The van der Waals surface area contributed by atoms with Gasteiger partial charge in [0.1, 0.15) is 0 Å². The first-order valence-corrected chi connectivity index (χ1v) is 4.50. The van der Waals surface area contributed by atoms with E-state index < -0.39 is 12.0 Å². The van der Waals surface area contributed by atoms with Gasteiger partial charge in [-0.15, -0.1) is 5.06 Å². The maximum Gasteiger partial charge on any atom is 0.352 e. The van der Waals surface area contributed by atoms with E-state index in [1.165, 1.54) is 0 Å². The van der Waals surface area contributed by atoms with Gasteiger partial charge in [-0.25, -0.2) is 9.59 Å². The molecule has 5 heteroatoms. The zero-order valence-corrected chi connectivity index (χ0v) is 8.34. The van der Waals surface area contributed by atoms with Gasteiger partial charge >= 0.3 is 12.0 Å². The summed E-state index contributed by atoms with van der Waals surface area (Å²) in [6.45, 7) is 1.63. The summed E-state index contributed by atoms with van der Waals surface area (Å²) in [5, 5.41) is 0.770. The van der Waals surface area contributed by atoms with Gasteiger partial charge in [-0.3, -0.25) is 0 Å². The van der Waals surface area contributed by atoms with Crippen molar-refractivity contribution in [1.29, 1.82) is 0 Å². The highest BCUT2D eigenvalue weighted by atomic mass is 16.7. The molecule has 0 aromatic heterocycles. The molecule has 0 radical (unpaired) electrons. The molecule has 0 heterocycles. The van der Waals surface area contributed by atoms with E-state index in [2.05, 4.69) is 0 Å². The zero-order chi connectivity index (χ0) is 11.3. The van der Waals surface area contributed by atoms with Crippen LogP contribution < -0.4 is 10.8 Å². The van der Waals surface area contributed by atoms with Gasteiger partial charge in [0.25, 0.3) is 0 Å². The van der Waals surface area contributed by atoms with E-state index in [1.807, 2.05) is 0 Å². The van der Waals surface area contributed by atoms with Crippen molar-refractivity contribution < 1.29 is 14.4 Å². The van der Waals surface area contributed by atoms with Crippen LogP contribution in [0.15, 0.2) is 30.3 Å². The molecule has 0 saturated heterocycles. The second-order valence-corrected chi connectivity index (χ2v) is 2.79. The first-order chi connectivity index (χ1) is 7.15. The number of urea groups is 1. The van der Waals surface area contributed by atoms with Crippen molar-refractivity contribution in [3.63, 3.8) is 0 Å². The van der Waals surface area contributed by atoms with Crippen molar-refractivity contribution in [3.8, 4) is 0 Å².